The topological polar surface area (TPSA) is 12.0 Å². The molecule has 26 valence electrons. The van der Waals surface area contributed by atoms with Crippen LogP contribution < -0.4 is 5.14 Å². The Balaban J connectivity index is 2.19. The average molecular weight is 66.7 g/mol. The average Bonchev–Trinajstić information content (AvgIpc) is 1.41. The molecule has 0 amide bonds. The summed E-state index contributed by atoms with van der Waals surface area (Å²) >= 11 is 0. The SMILES string of the molecule is C[B]N[B]C. The van der Waals surface area contributed by atoms with Gasteiger partial charge in [-0.15, -0.1) is 0 Å². The fraction of sp³-hybridized carbons (Fsp3) is 1.00. The molecule has 2 radical (unpaired) electrons. The van der Waals surface area contributed by atoms with Crippen molar-refractivity contribution in [3.05, 3.63) is 0 Å². The fourth-order valence-electron chi connectivity index (χ4n) is 0.167. The smallest absolute Gasteiger partial charge is 0.189 e. The predicted molar refractivity (Wildman–Crippen MR) is 26.4 cm³/mol. The van der Waals surface area contributed by atoms with Gasteiger partial charge < -0.3 is 5.14 Å². The van der Waals surface area contributed by atoms with Crippen LogP contribution in [0.5, 0.6) is 0 Å². The third-order valence-corrected chi connectivity index (χ3v) is 0.333. The van der Waals surface area contributed by atoms with E-state index in [9.17, 15) is 0 Å². The summed E-state index contributed by atoms with van der Waals surface area (Å²) in [5.41, 5.74) is 0. The standard InChI is InChI=1S/C2H7B2N/c1-3-5-4-2/h5H,1-2H3. The van der Waals surface area contributed by atoms with Gasteiger partial charge in [-0.3, -0.25) is 0 Å². The summed E-state index contributed by atoms with van der Waals surface area (Å²) < 4.78 is 0. The Hall–Kier alpha value is 0.0899. The van der Waals surface area contributed by atoms with Crippen molar-refractivity contribution in [1.29, 1.82) is 0 Å². The lowest BCUT2D eigenvalue weighted by molar-refractivity contribution is 1.57. The maximum Gasteiger partial charge on any atom is 0.189 e. The first-order chi connectivity index (χ1) is 2.41. The first kappa shape index (κ1) is 5.09. The van der Waals surface area contributed by atoms with Crippen molar-refractivity contribution >= 4 is 14.8 Å². The van der Waals surface area contributed by atoms with Gasteiger partial charge in [0.1, 0.15) is 0 Å². The second-order valence-corrected chi connectivity index (χ2v) is 0.744. The first-order valence-electron chi connectivity index (χ1n) is 1.73. The van der Waals surface area contributed by atoms with Crippen LogP contribution in [0.15, 0.2) is 0 Å². The Kier molecular flexibility index (Phi) is 4.16. The van der Waals surface area contributed by atoms with E-state index < -0.39 is 0 Å². The highest BCUT2D eigenvalue weighted by atomic mass is 14.6. The van der Waals surface area contributed by atoms with Gasteiger partial charge in [-0.05, 0) is 0 Å². The lowest BCUT2D eigenvalue weighted by Crippen LogP contribution is -2.17. The van der Waals surface area contributed by atoms with E-state index in [1.54, 1.807) is 0 Å². The molecule has 5 heavy (non-hydrogen) atoms. The van der Waals surface area contributed by atoms with Crippen LogP contribution in [0.25, 0.3) is 0 Å². The van der Waals surface area contributed by atoms with E-state index >= 15 is 0 Å². The van der Waals surface area contributed by atoms with Gasteiger partial charge in [0.25, 0.3) is 0 Å². The van der Waals surface area contributed by atoms with E-state index in [1.165, 1.54) is 0 Å². The van der Waals surface area contributed by atoms with Crippen molar-refractivity contribution in [3.8, 4) is 0 Å². The Bertz CT molecular complexity index is 15.1. The van der Waals surface area contributed by atoms with Crippen molar-refractivity contribution in [3.63, 3.8) is 0 Å². The molecule has 3 heteroatoms. The monoisotopic (exact) mass is 67.1 g/mol. The van der Waals surface area contributed by atoms with Gasteiger partial charge in [0.15, 0.2) is 14.8 Å². The number of hydrogen-bond donors (Lipinski definition) is 1. The Morgan fingerprint density at radius 3 is 1.60 bits per heavy atom. The fourth-order valence-corrected chi connectivity index (χ4v) is 0.167. The minimum absolute atomic E-state index is 1.88. The Morgan fingerprint density at radius 2 is 1.60 bits per heavy atom. The molecule has 1 N–H and O–H groups in total. The zero-order chi connectivity index (χ0) is 4.12. The molecule has 0 heterocycles. The zero-order valence-corrected chi connectivity index (χ0v) is 3.65. The summed E-state index contributed by atoms with van der Waals surface area (Å²) in [7, 11) is 3.75. The van der Waals surface area contributed by atoms with Crippen molar-refractivity contribution in [2.45, 2.75) is 13.6 Å². The molecule has 0 rings (SSSR count). The van der Waals surface area contributed by atoms with Crippen LogP contribution in [-0.4, -0.2) is 14.8 Å². The molecule has 0 saturated carbocycles. The van der Waals surface area contributed by atoms with Gasteiger partial charge in [-0.1, -0.05) is 13.6 Å². The first-order valence-corrected chi connectivity index (χ1v) is 1.73. The maximum atomic E-state index is 2.86. The van der Waals surface area contributed by atoms with E-state index in [0.717, 1.165) is 0 Å². The van der Waals surface area contributed by atoms with Gasteiger partial charge in [0, 0.05) is 0 Å². The van der Waals surface area contributed by atoms with Crippen LogP contribution in [0.2, 0.25) is 13.6 Å². The van der Waals surface area contributed by atoms with Gasteiger partial charge >= 0.3 is 0 Å². The molecule has 0 saturated heterocycles. The van der Waals surface area contributed by atoms with Crippen molar-refractivity contribution in [2.75, 3.05) is 0 Å². The molecule has 0 atom stereocenters. The van der Waals surface area contributed by atoms with Gasteiger partial charge in [0.2, 0.25) is 0 Å². The molecule has 1 nitrogen and oxygen atoms in total. The van der Waals surface area contributed by atoms with Crippen molar-refractivity contribution in [1.82, 2.24) is 5.14 Å². The maximum absolute atomic E-state index is 2.86. The minimum Gasteiger partial charge on any atom is -0.408 e. The van der Waals surface area contributed by atoms with E-state index in [2.05, 4.69) is 5.14 Å². The molecular weight excluding hydrogens is 59.7 g/mol. The van der Waals surface area contributed by atoms with Crippen LogP contribution in [0.1, 0.15) is 0 Å². The van der Waals surface area contributed by atoms with E-state index in [-0.39, 0.29) is 0 Å². The summed E-state index contributed by atoms with van der Waals surface area (Å²) in [6.07, 6.45) is 0. The second-order valence-electron chi connectivity index (χ2n) is 0.744. The quantitative estimate of drug-likeness (QED) is 0.445. The number of nitrogens with one attached hydrogen (secondary N) is 1. The summed E-state index contributed by atoms with van der Waals surface area (Å²) in [6.45, 7) is 3.89. The van der Waals surface area contributed by atoms with Crippen LogP contribution in [-0.2, 0) is 0 Å². The Labute approximate surface area is 34.7 Å². The minimum atomic E-state index is 1.88. The van der Waals surface area contributed by atoms with E-state index in [4.69, 9.17) is 0 Å². The van der Waals surface area contributed by atoms with Crippen LogP contribution in [0.3, 0.4) is 0 Å². The Morgan fingerprint density at radius 1 is 1.20 bits per heavy atom. The zero-order valence-electron chi connectivity index (χ0n) is 3.65. The lowest BCUT2D eigenvalue weighted by Gasteiger charge is -1.81. The highest BCUT2D eigenvalue weighted by Crippen LogP contribution is 1.41. The van der Waals surface area contributed by atoms with Crippen LogP contribution >= 0.6 is 0 Å². The summed E-state index contributed by atoms with van der Waals surface area (Å²) in [6, 6.07) is 0. The molecule has 0 fully saturated rings. The molecular formula is C2H7B2N. The lowest BCUT2D eigenvalue weighted by atomic mass is 9.86. The highest BCUT2D eigenvalue weighted by molar-refractivity contribution is 6.48. The second kappa shape index (κ2) is 4.09. The largest absolute Gasteiger partial charge is 0.408 e. The predicted octanol–water partition coefficient (Wildman–Crippen LogP) is -0.0894. The third kappa shape index (κ3) is 4.09. The normalized spacial score (nSPS) is 6.80. The molecule has 0 aliphatic heterocycles. The van der Waals surface area contributed by atoms with Gasteiger partial charge in [0.05, 0.1) is 0 Å². The molecule has 0 unspecified atom stereocenters. The van der Waals surface area contributed by atoms with Crippen molar-refractivity contribution in [2.24, 2.45) is 0 Å². The third-order valence-electron chi connectivity index (χ3n) is 0.333. The number of hydrogen-bond acceptors (Lipinski definition) is 1. The summed E-state index contributed by atoms with van der Waals surface area (Å²) in [4.78, 5) is 0. The van der Waals surface area contributed by atoms with Crippen LogP contribution in [0.4, 0.5) is 0 Å². The highest BCUT2D eigenvalue weighted by Gasteiger charge is 1.70. The molecule has 0 aromatic heterocycles. The molecule has 0 aliphatic carbocycles. The van der Waals surface area contributed by atoms with Gasteiger partial charge in [-0.2, -0.15) is 0 Å². The molecule has 0 bridgehead atoms. The molecule has 0 aromatic rings. The van der Waals surface area contributed by atoms with Gasteiger partial charge in [-0.25, -0.2) is 0 Å². The van der Waals surface area contributed by atoms with E-state index in [1.807, 2.05) is 28.5 Å². The molecule has 0 spiro atoms. The molecule has 0 aromatic carbocycles. The van der Waals surface area contributed by atoms with E-state index in [0.29, 0.717) is 0 Å². The number of rotatable bonds is 2. The van der Waals surface area contributed by atoms with Crippen LogP contribution in [0, 0.1) is 0 Å². The summed E-state index contributed by atoms with van der Waals surface area (Å²) in [5, 5.41) is 2.86. The summed E-state index contributed by atoms with van der Waals surface area (Å²) in [5.74, 6) is 0. The molecule has 0 aliphatic rings. The van der Waals surface area contributed by atoms with Crippen molar-refractivity contribution < 1.29 is 0 Å².